The lowest BCUT2D eigenvalue weighted by Gasteiger charge is -2.26. The first-order chi connectivity index (χ1) is 20.3. The van der Waals surface area contributed by atoms with Crippen LogP contribution in [0.2, 0.25) is 0 Å². The van der Waals surface area contributed by atoms with Gasteiger partial charge < -0.3 is 15.0 Å². The zero-order chi connectivity index (χ0) is 31.8. The molecule has 1 aromatic heterocycles. The Morgan fingerprint density at radius 2 is 1.49 bits per heavy atom. The first-order valence-corrected chi connectivity index (χ1v) is 13.6. The van der Waals surface area contributed by atoms with Crippen molar-refractivity contribution in [3.05, 3.63) is 88.8 Å². The van der Waals surface area contributed by atoms with E-state index in [1.54, 1.807) is 11.3 Å². The molecule has 3 aromatic carbocycles. The van der Waals surface area contributed by atoms with Crippen molar-refractivity contribution in [3.63, 3.8) is 0 Å². The van der Waals surface area contributed by atoms with Gasteiger partial charge in [0.25, 0.3) is 0 Å². The molecule has 4 aromatic rings. The van der Waals surface area contributed by atoms with Crippen LogP contribution in [0.3, 0.4) is 0 Å². The van der Waals surface area contributed by atoms with Crippen molar-refractivity contribution < 1.29 is 40.7 Å². The Balaban J connectivity index is 0.000000271. The summed E-state index contributed by atoms with van der Waals surface area (Å²) in [6.07, 6.45) is -9.16. The SMILES string of the molecule is CNc1ccc(-c2csc(N(c3ccc(OCC=O)cc3)C(C)C)n2)cc1.O=Cc1cc(C(F)(F)F)cc(C(F)(F)F)c1. The zero-order valence-electron chi connectivity index (χ0n) is 23.2. The van der Waals surface area contributed by atoms with E-state index in [0.29, 0.717) is 17.9 Å². The molecule has 0 aliphatic carbocycles. The maximum Gasteiger partial charge on any atom is 0.416 e. The summed E-state index contributed by atoms with van der Waals surface area (Å²) in [5.41, 5.74) is 0.521. The highest BCUT2D eigenvalue weighted by Gasteiger charge is 2.36. The van der Waals surface area contributed by atoms with Gasteiger partial charge in [-0.05, 0) is 68.4 Å². The molecule has 0 aliphatic heterocycles. The normalized spacial score (nSPS) is 11.4. The number of hydrogen-bond acceptors (Lipinski definition) is 7. The second-order valence-corrected chi connectivity index (χ2v) is 10.1. The molecule has 6 nitrogen and oxygen atoms in total. The first-order valence-electron chi connectivity index (χ1n) is 12.7. The Kier molecular flexibility index (Phi) is 10.9. The van der Waals surface area contributed by atoms with Gasteiger partial charge in [0.2, 0.25) is 0 Å². The summed E-state index contributed by atoms with van der Waals surface area (Å²) in [7, 11) is 1.91. The summed E-state index contributed by atoms with van der Waals surface area (Å²) >= 11 is 1.63. The van der Waals surface area contributed by atoms with Crippen LogP contribution in [0, 0.1) is 0 Å². The number of halogens is 6. The maximum atomic E-state index is 12.2. The number of carbonyl (C=O) groups excluding carboxylic acids is 2. The molecule has 0 radical (unpaired) electrons. The summed E-state index contributed by atoms with van der Waals surface area (Å²) in [6.45, 7) is 4.34. The summed E-state index contributed by atoms with van der Waals surface area (Å²) in [4.78, 5) is 27.7. The first kappa shape index (κ1) is 33.1. The number of benzene rings is 3. The molecule has 0 amide bonds. The van der Waals surface area contributed by atoms with Crippen molar-refractivity contribution in [1.82, 2.24) is 4.98 Å². The number of hydrogen-bond donors (Lipinski definition) is 1. The van der Waals surface area contributed by atoms with Crippen LogP contribution in [0.4, 0.5) is 42.8 Å². The predicted octanol–water partition coefficient (Wildman–Crippen LogP) is 8.51. The smallest absolute Gasteiger partial charge is 0.416 e. The van der Waals surface area contributed by atoms with Gasteiger partial charge in [-0.2, -0.15) is 26.3 Å². The average Bonchev–Trinajstić information content (AvgIpc) is 3.45. The number of rotatable bonds is 9. The summed E-state index contributed by atoms with van der Waals surface area (Å²) in [5.74, 6) is 0.680. The monoisotopic (exact) mass is 623 g/mol. The molecule has 1 N–H and O–H groups in total. The standard InChI is InChI=1S/C21H23N3O2S.C9H4F6O/c1-15(2)24(18-8-10-19(11-9-18)26-13-12-25)21-23-20(14-27-21)16-4-6-17(22-3)7-5-16;10-8(11,12)6-1-5(4-16)2-7(3-6)9(13,14)15/h4-12,14-15,22H,13H2,1-3H3;1-4H. The van der Waals surface area contributed by atoms with E-state index in [2.05, 4.69) is 41.6 Å². The van der Waals surface area contributed by atoms with Crippen LogP contribution < -0.4 is 15.0 Å². The molecule has 228 valence electrons. The highest BCUT2D eigenvalue weighted by atomic mass is 32.1. The third-order valence-electron chi connectivity index (χ3n) is 5.86. The fourth-order valence-electron chi connectivity index (χ4n) is 3.82. The van der Waals surface area contributed by atoms with Crippen LogP contribution in [0.5, 0.6) is 5.75 Å². The Labute approximate surface area is 247 Å². The summed E-state index contributed by atoms with van der Waals surface area (Å²) < 4.78 is 78.5. The van der Waals surface area contributed by atoms with E-state index in [1.165, 1.54) is 0 Å². The molecule has 0 spiro atoms. The zero-order valence-corrected chi connectivity index (χ0v) is 24.0. The van der Waals surface area contributed by atoms with Gasteiger partial charge in [0.1, 0.15) is 18.6 Å². The van der Waals surface area contributed by atoms with Crippen LogP contribution in [0.15, 0.2) is 72.1 Å². The summed E-state index contributed by atoms with van der Waals surface area (Å²) in [5, 5.41) is 6.15. The number of ether oxygens (including phenoxy) is 1. The largest absolute Gasteiger partial charge is 0.486 e. The van der Waals surface area contributed by atoms with Gasteiger partial charge in [-0.15, -0.1) is 11.3 Å². The van der Waals surface area contributed by atoms with Gasteiger partial charge in [-0.3, -0.25) is 9.59 Å². The lowest BCUT2D eigenvalue weighted by atomic mass is 10.1. The molecule has 0 aliphatic rings. The second kappa shape index (κ2) is 14.2. The minimum Gasteiger partial charge on any atom is -0.486 e. The number of carbonyl (C=O) groups is 2. The highest BCUT2D eigenvalue weighted by molar-refractivity contribution is 7.14. The van der Waals surface area contributed by atoms with E-state index in [9.17, 15) is 35.9 Å². The number of thiazole rings is 1. The number of aromatic nitrogens is 1. The van der Waals surface area contributed by atoms with Crippen molar-refractivity contribution in [2.24, 2.45) is 0 Å². The molecule has 43 heavy (non-hydrogen) atoms. The lowest BCUT2D eigenvalue weighted by molar-refractivity contribution is -0.143. The Bertz CT molecular complexity index is 1470. The Morgan fingerprint density at radius 1 is 0.907 bits per heavy atom. The van der Waals surface area contributed by atoms with Gasteiger partial charge in [-0.1, -0.05) is 12.1 Å². The van der Waals surface area contributed by atoms with Gasteiger partial charge in [-0.25, -0.2) is 4.98 Å². The Morgan fingerprint density at radius 3 is 1.95 bits per heavy atom. The maximum absolute atomic E-state index is 12.2. The topological polar surface area (TPSA) is 71.5 Å². The van der Waals surface area contributed by atoms with E-state index in [1.807, 2.05) is 43.4 Å². The van der Waals surface area contributed by atoms with Crippen molar-refractivity contribution in [1.29, 1.82) is 0 Å². The third kappa shape index (κ3) is 9.05. The van der Waals surface area contributed by atoms with Crippen LogP contribution in [-0.4, -0.2) is 37.3 Å². The van der Waals surface area contributed by atoms with Gasteiger partial charge >= 0.3 is 12.4 Å². The third-order valence-corrected chi connectivity index (χ3v) is 6.70. The lowest BCUT2D eigenvalue weighted by Crippen LogP contribution is -2.25. The van der Waals surface area contributed by atoms with Crippen molar-refractivity contribution >= 4 is 40.4 Å². The van der Waals surface area contributed by atoms with Crippen molar-refractivity contribution in [2.75, 3.05) is 23.9 Å². The van der Waals surface area contributed by atoms with Crippen LogP contribution in [-0.2, 0) is 17.1 Å². The van der Waals surface area contributed by atoms with Gasteiger partial charge in [0.05, 0.1) is 16.8 Å². The van der Waals surface area contributed by atoms with Crippen LogP contribution >= 0.6 is 11.3 Å². The molecule has 0 unspecified atom stereocenters. The molecule has 0 saturated carbocycles. The van der Waals surface area contributed by atoms with E-state index in [4.69, 9.17) is 9.72 Å². The fourth-order valence-corrected chi connectivity index (χ4v) is 4.81. The molecule has 4 rings (SSSR count). The molecule has 0 fully saturated rings. The molecular weight excluding hydrogens is 596 g/mol. The number of aldehydes is 2. The number of anilines is 3. The highest BCUT2D eigenvalue weighted by Crippen LogP contribution is 2.37. The van der Waals surface area contributed by atoms with Gasteiger partial charge in [0, 0.05) is 41.0 Å². The quantitative estimate of drug-likeness (QED) is 0.149. The number of nitrogens with one attached hydrogen (secondary N) is 1. The van der Waals surface area contributed by atoms with E-state index in [0.717, 1.165) is 34.0 Å². The number of alkyl halides is 6. The molecule has 0 bridgehead atoms. The number of nitrogens with zero attached hydrogens (tertiary/aromatic N) is 2. The Hall–Kier alpha value is -4.39. The van der Waals surface area contributed by atoms with Gasteiger partial charge in [0.15, 0.2) is 11.4 Å². The van der Waals surface area contributed by atoms with Crippen molar-refractivity contribution in [2.45, 2.75) is 32.2 Å². The minimum absolute atomic E-state index is 0.0347. The van der Waals surface area contributed by atoms with Crippen molar-refractivity contribution in [3.8, 4) is 17.0 Å². The average molecular weight is 624 g/mol. The van der Waals surface area contributed by atoms with E-state index >= 15 is 0 Å². The molecule has 0 atom stereocenters. The summed E-state index contributed by atoms with van der Waals surface area (Å²) in [6, 6.07) is 16.9. The van der Waals surface area contributed by atoms with E-state index < -0.39 is 29.0 Å². The molecular formula is C30H27F6N3O3S. The van der Waals surface area contributed by atoms with Crippen LogP contribution in [0.1, 0.15) is 35.3 Å². The predicted molar refractivity (Wildman–Crippen MR) is 154 cm³/mol. The molecule has 13 heteroatoms. The molecule has 0 saturated heterocycles. The minimum atomic E-state index is -4.92. The van der Waals surface area contributed by atoms with Crippen LogP contribution in [0.25, 0.3) is 11.3 Å². The second-order valence-electron chi connectivity index (χ2n) is 9.24. The molecule has 1 heterocycles. The van der Waals surface area contributed by atoms with E-state index in [-0.39, 0.29) is 25.0 Å². The fraction of sp³-hybridized carbons (Fsp3) is 0.233.